The van der Waals surface area contributed by atoms with Crippen molar-refractivity contribution in [1.82, 2.24) is 4.98 Å². The molecule has 0 saturated carbocycles. The van der Waals surface area contributed by atoms with Crippen LogP contribution in [0.4, 0.5) is 11.4 Å². The summed E-state index contributed by atoms with van der Waals surface area (Å²) >= 11 is 11.5. The normalized spacial score (nSPS) is 10.1. The smallest absolute Gasteiger partial charge is 0.255 e. The number of hydrogen-bond donors (Lipinski definition) is 3. The number of anilines is 2. The van der Waals surface area contributed by atoms with Crippen molar-refractivity contribution >= 4 is 46.7 Å². The number of nitrogens with one attached hydrogen (secondary N) is 2. The Morgan fingerprint density at radius 2 is 2.10 bits per heavy atom. The Morgan fingerprint density at radius 1 is 1.35 bits per heavy atom. The monoisotopic (exact) mass is 308 g/mol. The Morgan fingerprint density at radius 3 is 2.75 bits per heavy atom. The topological polar surface area (TPSA) is 91.9 Å². The van der Waals surface area contributed by atoms with E-state index in [0.29, 0.717) is 22.5 Å². The van der Waals surface area contributed by atoms with Crippen LogP contribution in [0, 0.1) is 5.41 Å². The Kier molecular flexibility index (Phi) is 4.22. The zero-order chi connectivity index (χ0) is 14.7. The van der Waals surface area contributed by atoms with E-state index in [-0.39, 0.29) is 16.1 Å². The lowest BCUT2D eigenvalue weighted by molar-refractivity contribution is 0.102. The van der Waals surface area contributed by atoms with Crippen LogP contribution in [0.15, 0.2) is 30.5 Å². The molecule has 0 fully saturated rings. The Balaban J connectivity index is 2.23. The SMILES string of the molecule is N=Cc1cc(C(=O)Nc2cnc(Cl)c(Cl)c2)ccc1N. The minimum atomic E-state index is -0.353. The molecule has 102 valence electrons. The van der Waals surface area contributed by atoms with Crippen molar-refractivity contribution in [2.45, 2.75) is 0 Å². The molecule has 4 N–H and O–H groups in total. The second-order valence-electron chi connectivity index (χ2n) is 3.94. The number of nitrogens with two attached hydrogens (primary N) is 1. The molecule has 0 saturated heterocycles. The van der Waals surface area contributed by atoms with E-state index in [1.165, 1.54) is 18.3 Å². The van der Waals surface area contributed by atoms with Crippen LogP contribution in [-0.4, -0.2) is 17.1 Å². The molecular weight excluding hydrogens is 299 g/mol. The van der Waals surface area contributed by atoms with Crippen molar-refractivity contribution in [3.05, 3.63) is 51.8 Å². The molecule has 0 radical (unpaired) electrons. The second-order valence-corrected chi connectivity index (χ2v) is 4.70. The van der Waals surface area contributed by atoms with Crippen LogP contribution in [0.3, 0.4) is 0 Å². The van der Waals surface area contributed by atoms with Gasteiger partial charge in [-0.15, -0.1) is 0 Å². The molecule has 2 aromatic rings. The Bertz CT molecular complexity index is 688. The summed E-state index contributed by atoms with van der Waals surface area (Å²) < 4.78 is 0. The standard InChI is InChI=1S/C13H10Cl2N4O/c14-10-4-9(6-18-12(10)15)19-13(20)7-1-2-11(17)8(3-7)5-16/h1-6,16H,17H2,(H,19,20). The first-order valence-electron chi connectivity index (χ1n) is 5.53. The summed E-state index contributed by atoms with van der Waals surface area (Å²) in [6, 6.07) is 6.18. The largest absolute Gasteiger partial charge is 0.398 e. The van der Waals surface area contributed by atoms with Gasteiger partial charge in [0.15, 0.2) is 0 Å². The van der Waals surface area contributed by atoms with Crippen molar-refractivity contribution in [2.75, 3.05) is 11.1 Å². The molecule has 5 nitrogen and oxygen atoms in total. The van der Waals surface area contributed by atoms with Gasteiger partial charge < -0.3 is 16.5 Å². The second kappa shape index (κ2) is 5.90. The maximum absolute atomic E-state index is 12.1. The van der Waals surface area contributed by atoms with Crippen LogP contribution < -0.4 is 11.1 Å². The first kappa shape index (κ1) is 14.3. The molecule has 0 spiro atoms. The lowest BCUT2D eigenvalue weighted by atomic mass is 10.1. The van der Waals surface area contributed by atoms with Crippen LogP contribution >= 0.6 is 23.2 Å². The lowest BCUT2D eigenvalue weighted by Gasteiger charge is -2.07. The summed E-state index contributed by atoms with van der Waals surface area (Å²) in [6.45, 7) is 0. The fraction of sp³-hybridized carbons (Fsp3) is 0. The highest BCUT2D eigenvalue weighted by atomic mass is 35.5. The highest BCUT2D eigenvalue weighted by molar-refractivity contribution is 6.41. The van der Waals surface area contributed by atoms with Gasteiger partial charge in [0.2, 0.25) is 0 Å². The van der Waals surface area contributed by atoms with Crippen LogP contribution in [0.1, 0.15) is 15.9 Å². The van der Waals surface area contributed by atoms with Gasteiger partial charge in [0.05, 0.1) is 16.9 Å². The maximum atomic E-state index is 12.1. The molecule has 0 aliphatic carbocycles. The first-order chi connectivity index (χ1) is 9.51. The van der Waals surface area contributed by atoms with E-state index in [4.69, 9.17) is 34.3 Å². The van der Waals surface area contributed by atoms with Crippen LogP contribution in [0.2, 0.25) is 10.2 Å². The highest BCUT2D eigenvalue weighted by Gasteiger charge is 2.09. The van der Waals surface area contributed by atoms with Gasteiger partial charge in [0, 0.05) is 23.0 Å². The maximum Gasteiger partial charge on any atom is 0.255 e. The van der Waals surface area contributed by atoms with Gasteiger partial charge in [-0.1, -0.05) is 23.2 Å². The number of amides is 1. The number of nitrogen functional groups attached to an aromatic ring is 1. The zero-order valence-electron chi connectivity index (χ0n) is 10.2. The highest BCUT2D eigenvalue weighted by Crippen LogP contribution is 2.22. The molecule has 0 atom stereocenters. The van der Waals surface area contributed by atoms with Crippen molar-refractivity contribution in [3.63, 3.8) is 0 Å². The number of carbonyl (C=O) groups is 1. The van der Waals surface area contributed by atoms with Crippen molar-refractivity contribution < 1.29 is 4.79 Å². The number of aromatic nitrogens is 1. The van der Waals surface area contributed by atoms with E-state index < -0.39 is 0 Å². The molecule has 0 aliphatic heterocycles. The number of benzene rings is 1. The van der Waals surface area contributed by atoms with Gasteiger partial charge in [-0.3, -0.25) is 4.79 Å². The van der Waals surface area contributed by atoms with Gasteiger partial charge in [0.1, 0.15) is 5.15 Å². The van der Waals surface area contributed by atoms with Crippen molar-refractivity contribution in [3.8, 4) is 0 Å². The minimum absolute atomic E-state index is 0.170. The average molecular weight is 309 g/mol. The summed E-state index contributed by atoms with van der Waals surface area (Å²) in [5.41, 5.74) is 7.39. The summed E-state index contributed by atoms with van der Waals surface area (Å²) in [7, 11) is 0. The van der Waals surface area contributed by atoms with Gasteiger partial charge in [-0.2, -0.15) is 0 Å². The molecule has 1 heterocycles. The van der Waals surface area contributed by atoms with Gasteiger partial charge >= 0.3 is 0 Å². The molecular formula is C13H10Cl2N4O. The Labute approximate surface area is 125 Å². The molecule has 1 aromatic heterocycles. The van der Waals surface area contributed by atoms with Crippen molar-refractivity contribution in [1.29, 1.82) is 5.41 Å². The average Bonchev–Trinajstić information content (AvgIpc) is 2.43. The van der Waals surface area contributed by atoms with Gasteiger partial charge in [-0.25, -0.2) is 4.98 Å². The summed E-state index contributed by atoms with van der Waals surface area (Å²) in [5.74, 6) is -0.353. The van der Waals surface area contributed by atoms with E-state index in [1.807, 2.05) is 0 Å². The molecule has 1 amide bonds. The number of nitrogens with zero attached hydrogens (tertiary/aromatic N) is 1. The number of pyridine rings is 1. The van der Waals surface area contributed by atoms with Gasteiger partial charge in [-0.05, 0) is 24.3 Å². The number of rotatable bonds is 3. The molecule has 0 aliphatic rings. The molecule has 2 rings (SSSR count). The van der Waals surface area contributed by atoms with Crippen molar-refractivity contribution in [2.24, 2.45) is 0 Å². The molecule has 7 heteroatoms. The van der Waals surface area contributed by atoms with Gasteiger partial charge in [0.25, 0.3) is 5.91 Å². The van der Waals surface area contributed by atoms with E-state index >= 15 is 0 Å². The van der Waals surface area contributed by atoms with Crippen LogP contribution in [-0.2, 0) is 0 Å². The molecule has 20 heavy (non-hydrogen) atoms. The minimum Gasteiger partial charge on any atom is -0.398 e. The van der Waals surface area contributed by atoms with Crippen LogP contribution in [0.5, 0.6) is 0 Å². The Hall–Kier alpha value is -2.11. The fourth-order valence-electron chi connectivity index (χ4n) is 1.53. The predicted molar refractivity (Wildman–Crippen MR) is 81.0 cm³/mol. The third kappa shape index (κ3) is 3.07. The molecule has 0 unspecified atom stereocenters. The quantitative estimate of drug-likeness (QED) is 0.462. The number of halogens is 2. The van der Waals surface area contributed by atoms with E-state index in [0.717, 1.165) is 6.21 Å². The lowest BCUT2D eigenvalue weighted by Crippen LogP contribution is -2.12. The number of hydrogen-bond acceptors (Lipinski definition) is 4. The third-order valence-electron chi connectivity index (χ3n) is 2.56. The first-order valence-corrected chi connectivity index (χ1v) is 6.29. The summed E-state index contributed by atoms with van der Waals surface area (Å²) in [6.07, 6.45) is 2.49. The fourth-order valence-corrected chi connectivity index (χ4v) is 1.80. The number of carbonyl (C=O) groups excluding carboxylic acids is 1. The summed E-state index contributed by atoms with van der Waals surface area (Å²) in [4.78, 5) is 15.9. The van der Waals surface area contributed by atoms with E-state index in [1.54, 1.807) is 12.1 Å². The zero-order valence-corrected chi connectivity index (χ0v) is 11.7. The third-order valence-corrected chi connectivity index (χ3v) is 3.24. The molecule has 0 bridgehead atoms. The summed E-state index contributed by atoms with van der Waals surface area (Å²) in [5, 5.41) is 10.3. The van der Waals surface area contributed by atoms with E-state index in [2.05, 4.69) is 10.3 Å². The molecule has 1 aromatic carbocycles. The van der Waals surface area contributed by atoms with Crippen LogP contribution in [0.25, 0.3) is 0 Å². The van der Waals surface area contributed by atoms with E-state index in [9.17, 15) is 4.79 Å². The predicted octanol–water partition coefficient (Wildman–Crippen LogP) is 3.22.